The van der Waals surface area contributed by atoms with E-state index in [1.54, 1.807) is 62.6 Å². The van der Waals surface area contributed by atoms with Crippen molar-refractivity contribution in [1.82, 2.24) is 10.2 Å². The Bertz CT molecular complexity index is 916. The van der Waals surface area contributed by atoms with Gasteiger partial charge in [0.2, 0.25) is 5.91 Å². The fourth-order valence-corrected chi connectivity index (χ4v) is 3.36. The molecular weight excluding hydrogens is 382 g/mol. The molecule has 1 aliphatic heterocycles. The van der Waals surface area contributed by atoms with Gasteiger partial charge in [-0.1, -0.05) is 42.8 Å². The van der Waals surface area contributed by atoms with E-state index in [1.807, 2.05) is 0 Å². The zero-order valence-corrected chi connectivity index (χ0v) is 16.2. The van der Waals surface area contributed by atoms with Crippen LogP contribution in [0.25, 0.3) is 0 Å². The van der Waals surface area contributed by atoms with E-state index >= 15 is 0 Å². The Balaban J connectivity index is 1.79. The van der Waals surface area contributed by atoms with Crippen molar-refractivity contribution in [2.45, 2.75) is 18.9 Å². The number of urea groups is 1. The van der Waals surface area contributed by atoms with Gasteiger partial charge in [-0.25, -0.2) is 4.79 Å². The Hall–Kier alpha value is -3.06. The number of benzene rings is 2. The lowest BCUT2D eigenvalue weighted by molar-refractivity contribution is -0.134. The maximum absolute atomic E-state index is 13.1. The Morgan fingerprint density at radius 2 is 1.86 bits per heavy atom. The van der Waals surface area contributed by atoms with Crippen LogP contribution in [0.4, 0.5) is 10.5 Å². The Morgan fingerprint density at radius 1 is 1.18 bits per heavy atom. The summed E-state index contributed by atoms with van der Waals surface area (Å²) in [6.45, 7) is 1.39. The molecule has 146 valence electrons. The van der Waals surface area contributed by atoms with Crippen LogP contribution in [0.3, 0.4) is 0 Å². The number of hydrogen-bond acceptors (Lipinski definition) is 4. The summed E-state index contributed by atoms with van der Waals surface area (Å²) in [5.74, 6) is -0.347. The van der Waals surface area contributed by atoms with Gasteiger partial charge in [0.1, 0.15) is 17.8 Å². The molecule has 7 nitrogen and oxygen atoms in total. The van der Waals surface area contributed by atoms with E-state index in [1.165, 1.54) is 0 Å². The smallest absolute Gasteiger partial charge is 0.325 e. The first-order valence-electron chi connectivity index (χ1n) is 8.74. The van der Waals surface area contributed by atoms with Crippen LogP contribution in [0.5, 0.6) is 5.75 Å². The molecule has 1 saturated heterocycles. The third-order valence-corrected chi connectivity index (χ3v) is 5.07. The molecule has 1 heterocycles. The van der Waals surface area contributed by atoms with Gasteiger partial charge in [-0.05, 0) is 36.2 Å². The molecule has 0 aliphatic carbocycles. The second kappa shape index (κ2) is 7.90. The molecule has 1 fully saturated rings. The van der Waals surface area contributed by atoms with E-state index in [0.29, 0.717) is 28.4 Å². The van der Waals surface area contributed by atoms with Crippen LogP contribution in [0.1, 0.15) is 18.9 Å². The molecule has 0 spiro atoms. The van der Waals surface area contributed by atoms with Gasteiger partial charge in [0.05, 0.1) is 17.8 Å². The molecule has 28 heavy (non-hydrogen) atoms. The van der Waals surface area contributed by atoms with Crippen molar-refractivity contribution in [2.75, 3.05) is 19.0 Å². The molecule has 0 aromatic heterocycles. The molecule has 0 unspecified atom stereocenters. The van der Waals surface area contributed by atoms with Gasteiger partial charge < -0.3 is 15.4 Å². The first-order chi connectivity index (χ1) is 13.4. The number of amides is 4. The number of carbonyl (C=O) groups excluding carboxylic acids is 3. The van der Waals surface area contributed by atoms with Gasteiger partial charge in [0, 0.05) is 0 Å². The first-order valence-corrected chi connectivity index (χ1v) is 9.12. The molecule has 1 aliphatic rings. The summed E-state index contributed by atoms with van der Waals surface area (Å²) in [6.07, 6.45) is 0.340. The number of para-hydroxylation sites is 1. The van der Waals surface area contributed by atoms with E-state index < -0.39 is 29.9 Å². The minimum absolute atomic E-state index is 0.340. The third-order valence-electron chi connectivity index (χ3n) is 4.74. The largest absolute Gasteiger partial charge is 0.497 e. The summed E-state index contributed by atoms with van der Waals surface area (Å²) in [4.78, 5) is 38.8. The maximum Gasteiger partial charge on any atom is 0.325 e. The predicted octanol–water partition coefficient (Wildman–Crippen LogP) is 3.14. The number of carbonyl (C=O) groups is 3. The molecule has 2 N–H and O–H groups in total. The van der Waals surface area contributed by atoms with Gasteiger partial charge in [0.25, 0.3) is 5.91 Å². The van der Waals surface area contributed by atoms with Crippen molar-refractivity contribution < 1.29 is 19.1 Å². The minimum Gasteiger partial charge on any atom is -0.497 e. The fourth-order valence-electron chi connectivity index (χ4n) is 3.18. The van der Waals surface area contributed by atoms with Crippen molar-refractivity contribution >= 4 is 35.1 Å². The lowest BCUT2D eigenvalue weighted by Crippen LogP contribution is -2.44. The highest BCUT2D eigenvalue weighted by Gasteiger charge is 2.51. The number of imide groups is 1. The summed E-state index contributed by atoms with van der Waals surface area (Å²) < 4.78 is 5.14. The normalized spacial score (nSPS) is 18.8. The van der Waals surface area contributed by atoms with Crippen LogP contribution in [0.15, 0.2) is 48.5 Å². The monoisotopic (exact) mass is 401 g/mol. The minimum atomic E-state index is -1.21. The predicted molar refractivity (Wildman–Crippen MR) is 105 cm³/mol. The highest BCUT2D eigenvalue weighted by atomic mass is 35.5. The standard InChI is InChI=1S/C20H20ClN3O4/c1-3-20(13-8-10-14(28-2)11-9-13)18(26)24(19(27)23-20)12-17(25)22-16-7-5-4-6-15(16)21/h4-11H,3,12H2,1-2H3,(H,22,25)(H,23,27)/t20-/m1/s1. The second-order valence-corrected chi connectivity index (χ2v) is 6.74. The van der Waals surface area contributed by atoms with E-state index in [9.17, 15) is 14.4 Å². The number of methoxy groups -OCH3 is 1. The fraction of sp³-hybridized carbons (Fsp3) is 0.250. The van der Waals surface area contributed by atoms with Crippen molar-refractivity contribution in [2.24, 2.45) is 0 Å². The van der Waals surface area contributed by atoms with Crippen molar-refractivity contribution in [3.8, 4) is 5.75 Å². The molecule has 3 rings (SSSR count). The topological polar surface area (TPSA) is 87.7 Å². The van der Waals surface area contributed by atoms with Gasteiger partial charge in [0.15, 0.2) is 0 Å². The van der Waals surface area contributed by atoms with Crippen LogP contribution >= 0.6 is 11.6 Å². The van der Waals surface area contributed by atoms with E-state index in [-0.39, 0.29) is 0 Å². The van der Waals surface area contributed by atoms with Crippen molar-refractivity contribution in [1.29, 1.82) is 0 Å². The number of hydrogen-bond donors (Lipinski definition) is 2. The average molecular weight is 402 g/mol. The molecular formula is C20H20ClN3O4. The highest BCUT2D eigenvalue weighted by molar-refractivity contribution is 6.33. The van der Waals surface area contributed by atoms with Crippen LogP contribution < -0.4 is 15.4 Å². The lowest BCUT2D eigenvalue weighted by Gasteiger charge is -2.26. The molecule has 8 heteroatoms. The van der Waals surface area contributed by atoms with E-state index in [4.69, 9.17) is 16.3 Å². The quantitative estimate of drug-likeness (QED) is 0.728. The summed E-state index contributed by atoms with van der Waals surface area (Å²) in [5.41, 5.74) is -0.171. The maximum atomic E-state index is 13.1. The molecule has 0 saturated carbocycles. The number of ether oxygens (including phenoxy) is 1. The van der Waals surface area contributed by atoms with Crippen molar-refractivity contribution in [3.63, 3.8) is 0 Å². The SMILES string of the molecule is CC[C@]1(c2ccc(OC)cc2)NC(=O)N(CC(=O)Nc2ccccc2Cl)C1=O. The van der Waals surface area contributed by atoms with Gasteiger partial charge in [-0.15, -0.1) is 0 Å². The molecule has 2 aromatic rings. The number of anilines is 1. The summed E-state index contributed by atoms with van der Waals surface area (Å²) in [6, 6.07) is 13.0. The zero-order chi connectivity index (χ0) is 20.3. The Kier molecular flexibility index (Phi) is 5.56. The van der Waals surface area contributed by atoms with Gasteiger partial charge in [-0.3, -0.25) is 14.5 Å². The summed E-state index contributed by atoms with van der Waals surface area (Å²) >= 11 is 6.03. The van der Waals surface area contributed by atoms with Crippen LogP contribution in [0.2, 0.25) is 5.02 Å². The Labute approximate surface area is 167 Å². The van der Waals surface area contributed by atoms with E-state index in [0.717, 1.165) is 4.90 Å². The third kappa shape index (κ3) is 3.53. The number of rotatable bonds is 6. The molecule has 4 amide bonds. The lowest BCUT2D eigenvalue weighted by atomic mass is 9.87. The molecule has 1 atom stereocenters. The molecule has 2 aromatic carbocycles. The second-order valence-electron chi connectivity index (χ2n) is 6.34. The summed E-state index contributed by atoms with van der Waals surface area (Å²) in [5, 5.41) is 5.73. The van der Waals surface area contributed by atoms with Crippen LogP contribution in [-0.4, -0.2) is 36.4 Å². The highest BCUT2D eigenvalue weighted by Crippen LogP contribution is 2.33. The first kappa shape index (κ1) is 19.7. The number of nitrogens with one attached hydrogen (secondary N) is 2. The molecule has 0 radical (unpaired) electrons. The zero-order valence-electron chi connectivity index (χ0n) is 15.5. The van der Waals surface area contributed by atoms with Gasteiger partial charge in [-0.2, -0.15) is 0 Å². The average Bonchev–Trinajstić information content (AvgIpc) is 2.95. The molecule has 0 bridgehead atoms. The summed E-state index contributed by atoms with van der Waals surface area (Å²) in [7, 11) is 1.55. The number of halogens is 1. The number of nitrogens with zero attached hydrogens (tertiary/aromatic N) is 1. The van der Waals surface area contributed by atoms with E-state index in [2.05, 4.69) is 10.6 Å². The van der Waals surface area contributed by atoms with Crippen molar-refractivity contribution in [3.05, 3.63) is 59.1 Å². The van der Waals surface area contributed by atoms with Crippen LogP contribution in [0, 0.1) is 0 Å². The van der Waals surface area contributed by atoms with Crippen LogP contribution in [-0.2, 0) is 15.1 Å². The van der Waals surface area contributed by atoms with Gasteiger partial charge >= 0.3 is 6.03 Å². The Morgan fingerprint density at radius 3 is 2.46 bits per heavy atom.